The third kappa shape index (κ3) is 2.80. The molecule has 0 radical (unpaired) electrons. The van der Waals surface area contributed by atoms with Crippen LogP contribution in [0.5, 0.6) is 0 Å². The summed E-state index contributed by atoms with van der Waals surface area (Å²) in [4.78, 5) is 2.25. The van der Waals surface area contributed by atoms with E-state index in [0.29, 0.717) is 0 Å². The van der Waals surface area contributed by atoms with Crippen molar-refractivity contribution in [3.05, 3.63) is 77.9 Å². The smallest absolute Gasteiger partial charge is 0.173 e. The highest BCUT2D eigenvalue weighted by Crippen LogP contribution is 2.24. The van der Waals surface area contributed by atoms with E-state index in [2.05, 4.69) is 76.9 Å². The van der Waals surface area contributed by atoms with E-state index in [1.807, 2.05) is 0 Å². The monoisotopic (exact) mass is 318 g/mol. The molecule has 3 heteroatoms. The molecule has 0 aromatic heterocycles. The van der Waals surface area contributed by atoms with E-state index in [4.69, 9.17) is 12.2 Å². The first-order valence-corrected chi connectivity index (χ1v) is 8.32. The van der Waals surface area contributed by atoms with Crippen molar-refractivity contribution < 1.29 is 0 Å². The summed E-state index contributed by atoms with van der Waals surface area (Å²) >= 11 is 5.66. The van der Waals surface area contributed by atoms with Gasteiger partial charge in [0, 0.05) is 24.2 Å². The molecule has 0 fully saturated rings. The van der Waals surface area contributed by atoms with Crippen LogP contribution in [0.1, 0.15) is 11.1 Å². The van der Waals surface area contributed by atoms with Crippen molar-refractivity contribution in [1.82, 2.24) is 4.90 Å². The molecule has 114 valence electrons. The number of nitrogens with one attached hydrogen (secondary N) is 1. The van der Waals surface area contributed by atoms with Gasteiger partial charge in [0.05, 0.1) is 0 Å². The third-order valence-corrected chi connectivity index (χ3v) is 4.81. The number of fused-ring (bicyclic) bond motifs is 2. The Morgan fingerprint density at radius 1 is 0.870 bits per heavy atom. The molecule has 23 heavy (non-hydrogen) atoms. The van der Waals surface area contributed by atoms with Crippen molar-refractivity contribution in [3.63, 3.8) is 0 Å². The van der Waals surface area contributed by atoms with E-state index in [9.17, 15) is 0 Å². The van der Waals surface area contributed by atoms with Crippen LogP contribution in [0.2, 0.25) is 0 Å². The molecular weight excluding hydrogens is 300 g/mol. The van der Waals surface area contributed by atoms with Crippen LogP contribution in [0, 0.1) is 0 Å². The second-order valence-corrected chi connectivity index (χ2v) is 6.28. The van der Waals surface area contributed by atoms with Crippen LogP contribution in [-0.4, -0.2) is 16.6 Å². The molecule has 4 rings (SSSR count). The molecule has 1 aliphatic rings. The second kappa shape index (κ2) is 6.01. The predicted molar refractivity (Wildman–Crippen MR) is 101 cm³/mol. The molecule has 3 aromatic rings. The summed E-state index contributed by atoms with van der Waals surface area (Å²) in [6.07, 6.45) is 1.05. The Balaban J connectivity index is 1.56. The summed E-state index contributed by atoms with van der Waals surface area (Å²) in [6.45, 7) is 1.85. The van der Waals surface area contributed by atoms with Gasteiger partial charge in [0.2, 0.25) is 0 Å². The lowest BCUT2D eigenvalue weighted by Crippen LogP contribution is -2.38. The molecule has 0 unspecified atom stereocenters. The molecule has 1 aliphatic heterocycles. The number of thiocarbonyl (C=S) groups is 1. The molecule has 0 bridgehead atoms. The molecule has 0 amide bonds. The molecule has 0 aliphatic carbocycles. The van der Waals surface area contributed by atoms with Crippen molar-refractivity contribution in [1.29, 1.82) is 0 Å². The fraction of sp³-hybridized carbons (Fsp3) is 0.150. The van der Waals surface area contributed by atoms with Gasteiger partial charge in [0.15, 0.2) is 5.11 Å². The summed E-state index contributed by atoms with van der Waals surface area (Å²) < 4.78 is 0. The molecule has 0 atom stereocenters. The number of nitrogens with zero attached hydrogens (tertiary/aromatic N) is 1. The zero-order valence-electron chi connectivity index (χ0n) is 12.8. The van der Waals surface area contributed by atoms with Gasteiger partial charge in [0.1, 0.15) is 0 Å². The van der Waals surface area contributed by atoms with E-state index in [1.54, 1.807) is 0 Å². The lowest BCUT2D eigenvalue weighted by atomic mass is 10.0. The highest BCUT2D eigenvalue weighted by atomic mass is 32.1. The SMILES string of the molecule is S=C(Nc1cccc2ccccc12)N1CCc2ccccc2C1. The molecular formula is C20H18N2S. The van der Waals surface area contributed by atoms with Gasteiger partial charge >= 0.3 is 0 Å². The Bertz CT molecular complexity index is 867. The average molecular weight is 318 g/mol. The van der Waals surface area contributed by atoms with E-state index in [0.717, 1.165) is 30.3 Å². The lowest BCUT2D eigenvalue weighted by molar-refractivity contribution is 0.399. The topological polar surface area (TPSA) is 15.3 Å². The highest BCUT2D eigenvalue weighted by molar-refractivity contribution is 7.80. The molecule has 0 spiro atoms. The summed E-state index contributed by atoms with van der Waals surface area (Å²) in [5.74, 6) is 0. The normalized spacial score (nSPS) is 13.7. The first-order chi connectivity index (χ1) is 11.3. The summed E-state index contributed by atoms with van der Waals surface area (Å²) in [5, 5.41) is 6.67. The minimum atomic E-state index is 0.802. The van der Waals surface area contributed by atoms with E-state index in [1.165, 1.54) is 21.9 Å². The fourth-order valence-corrected chi connectivity index (χ4v) is 3.46. The zero-order valence-corrected chi connectivity index (χ0v) is 13.6. The highest BCUT2D eigenvalue weighted by Gasteiger charge is 2.18. The molecule has 0 saturated heterocycles. The maximum Gasteiger partial charge on any atom is 0.173 e. The van der Waals surface area contributed by atoms with Crippen LogP contribution in [0.4, 0.5) is 5.69 Å². The van der Waals surface area contributed by atoms with Crippen molar-refractivity contribution in [2.24, 2.45) is 0 Å². The van der Waals surface area contributed by atoms with Gasteiger partial charge in [0.25, 0.3) is 0 Å². The first-order valence-electron chi connectivity index (χ1n) is 7.92. The van der Waals surface area contributed by atoms with Gasteiger partial charge in [-0.05, 0) is 41.2 Å². The number of hydrogen-bond donors (Lipinski definition) is 1. The molecule has 3 aromatic carbocycles. The van der Waals surface area contributed by atoms with Crippen LogP contribution in [0.15, 0.2) is 66.7 Å². The molecule has 1 heterocycles. The van der Waals surface area contributed by atoms with Gasteiger partial charge in [-0.25, -0.2) is 0 Å². The van der Waals surface area contributed by atoms with Crippen molar-refractivity contribution in [3.8, 4) is 0 Å². The summed E-state index contributed by atoms with van der Waals surface area (Å²) in [6, 6.07) is 23.3. The van der Waals surface area contributed by atoms with Crippen LogP contribution in [0.25, 0.3) is 10.8 Å². The number of hydrogen-bond acceptors (Lipinski definition) is 1. The van der Waals surface area contributed by atoms with Gasteiger partial charge in [-0.3, -0.25) is 0 Å². The van der Waals surface area contributed by atoms with Crippen molar-refractivity contribution in [2.45, 2.75) is 13.0 Å². The van der Waals surface area contributed by atoms with Gasteiger partial charge in [-0.2, -0.15) is 0 Å². The Hall–Kier alpha value is -2.39. The maximum atomic E-state index is 5.66. The largest absolute Gasteiger partial charge is 0.344 e. The standard InChI is InChI=1S/C20H18N2S/c23-20(22-13-12-15-6-1-2-8-17(15)14-22)21-19-11-5-9-16-7-3-4-10-18(16)19/h1-11H,12-14H2,(H,21,23). The van der Waals surface area contributed by atoms with E-state index < -0.39 is 0 Å². The van der Waals surface area contributed by atoms with Crippen molar-refractivity contribution >= 4 is 33.8 Å². The Kier molecular flexibility index (Phi) is 3.72. The van der Waals surface area contributed by atoms with E-state index in [-0.39, 0.29) is 0 Å². The maximum absolute atomic E-state index is 5.66. The Labute approximate surface area is 141 Å². The second-order valence-electron chi connectivity index (χ2n) is 5.90. The predicted octanol–water partition coefficient (Wildman–Crippen LogP) is 4.59. The Morgan fingerprint density at radius 2 is 1.61 bits per heavy atom. The van der Waals surface area contributed by atoms with Gasteiger partial charge in [-0.1, -0.05) is 60.7 Å². The minimum absolute atomic E-state index is 0.802. The average Bonchev–Trinajstić information content (AvgIpc) is 2.61. The zero-order chi connectivity index (χ0) is 15.6. The first kappa shape index (κ1) is 14.2. The van der Waals surface area contributed by atoms with Crippen LogP contribution >= 0.6 is 12.2 Å². The third-order valence-electron chi connectivity index (χ3n) is 4.45. The quantitative estimate of drug-likeness (QED) is 0.660. The van der Waals surface area contributed by atoms with Gasteiger partial charge < -0.3 is 10.2 Å². The van der Waals surface area contributed by atoms with E-state index >= 15 is 0 Å². The Morgan fingerprint density at radius 3 is 2.52 bits per heavy atom. The number of anilines is 1. The molecule has 1 N–H and O–H groups in total. The summed E-state index contributed by atoms with van der Waals surface area (Å²) in [7, 11) is 0. The molecule has 2 nitrogen and oxygen atoms in total. The number of benzene rings is 3. The van der Waals surface area contributed by atoms with Crippen LogP contribution < -0.4 is 5.32 Å². The number of rotatable bonds is 1. The van der Waals surface area contributed by atoms with Crippen molar-refractivity contribution in [2.75, 3.05) is 11.9 Å². The molecule has 0 saturated carbocycles. The summed E-state index contributed by atoms with van der Waals surface area (Å²) in [5.41, 5.74) is 3.89. The van der Waals surface area contributed by atoms with Gasteiger partial charge in [-0.15, -0.1) is 0 Å². The lowest BCUT2D eigenvalue weighted by Gasteiger charge is -2.31. The minimum Gasteiger partial charge on any atom is -0.344 e. The fourth-order valence-electron chi connectivity index (χ4n) is 3.20. The van der Waals surface area contributed by atoms with Crippen LogP contribution in [0.3, 0.4) is 0 Å². The van der Waals surface area contributed by atoms with Crippen LogP contribution in [-0.2, 0) is 13.0 Å².